The summed E-state index contributed by atoms with van der Waals surface area (Å²) in [6, 6.07) is 0. The smallest absolute Gasteiger partial charge is 0.327 e. The van der Waals surface area contributed by atoms with E-state index < -0.39 is 17.4 Å². The predicted octanol–water partition coefficient (Wildman–Crippen LogP) is -1.56. The zero-order valence-corrected chi connectivity index (χ0v) is 7.63. The standard InChI is InChI=1S/C7H12N4O3/c1-3(12)2-9-5-4(8)6(13)11-7(14)10-5/h3,12H,2,8H2,1H3,(H3,9,10,11,13,14). The fraction of sp³-hybridized carbons (Fsp3) is 0.429. The first-order chi connectivity index (χ1) is 6.50. The Morgan fingerprint density at radius 2 is 2.14 bits per heavy atom. The zero-order valence-electron chi connectivity index (χ0n) is 7.63. The molecule has 0 amide bonds. The van der Waals surface area contributed by atoms with Crippen LogP contribution in [0.3, 0.4) is 0 Å². The lowest BCUT2D eigenvalue weighted by Gasteiger charge is -2.08. The summed E-state index contributed by atoms with van der Waals surface area (Å²) in [6.45, 7) is 1.76. The molecule has 1 heterocycles. The lowest BCUT2D eigenvalue weighted by atomic mass is 10.4. The van der Waals surface area contributed by atoms with Crippen LogP contribution in [0.15, 0.2) is 9.59 Å². The Morgan fingerprint density at radius 3 is 2.71 bits per heavy atom. The molecule has 1 aromatic heterocycles. The number of anilines is 2. The molecule has 0 aliphatic rings. The van der Waals surface area contributed by atoms with E-state index in [9.17, 15) is 9.59 Å². The van der Waals surface area contributed by atoms with Gasteiger partial charge in [0.05, 0.1) is 6.10 Å². The molecule has 6 N–H and O–H groups in total. The van der Waals surface area contributed by atoms with Crippen molar-refractivity contribution in [2.24, 2.45) is 0 Å². The second-order valence-corrected chi connectivity index (χ2v) is 2.93. The molecular formula is C7H12N4O3. The number of rotatable bonds is 3. The number of hydrogen-bond donors (Lipinski definition) is 5. The van der Waals surface area contributed by atoms with Crippen molar-refractivity contribution in [3.05, 3.63) is 20.8 Å². The van der Waals surface area contributed by atoms with Gasteiger partial charge in [0.15, 0.2) is 0 Å². The van der Waals surface area contributed by atoms with E-state index in [0.717, 1.165) is 0 Å². The molecule has 0 radical (unpaired) electrons. The molecule has 1 atom stereocenters. The zero-order chi connectivity index (χ0) is 10.7. The highest BCUT2D eigenvalue weighted by Crippen LogP contribution is 2.04. The molecule has 0 spiro atoms. The molecule has 0 saturated carbocycles. The minimum Gasteiger partial charge on any atom is -0.392 e. The quantitative estimate of drug-likeness (QED) is 0.403. The summed E-state index contributed by atoms with van der Waals surface area (Å²) in [5.74, 6) is 0.125. The molecule has 1 unspecified atom stereocenters. The molecule has 0 aliphatic heterocycles. The van der Waals surface area contributed by atoms with Crippen LogP contribution in [0.2, 0.25) is 0 Å². The highest BCUT2D eigenvalue weighted by atomic mass is 16.3. The van der Waals surface area contributed by atoms with Gasteiger partial charge in [-0.05, 0) is 6.92 Å². The van der Waals surface area contributed by atoms with Crippen LogP contribution >= 0.6 is 0 Å². The lowest BCUT2D eigenvalue weighted by molar-refractivity contribution is 0.208. The molecule has 0 aliphatic carbocycles. The first kappa shape index (κ1) is 10.3. The number of aromatic amines is 2. The van der Waals surface area contributed by atoms with Crippen LogP contribution in [-0.4, -0.2) is 27.7 Å². The van der Waals surface area contributed by atoms with Crippen LogP contribution in [0.5, 0.6) is 0 Å². The summed E-state index contributed by atoms with van der Waals surface area (Å²) in [5, 5.41) is 11.6. The monoisotopic (exact) mass is 200 g/mol. The summed E-state index contributed by atoms with van der Waals surface area (Å²) in [4.78, 5) is 26.1. The third kappa shape index (κ3) is 2.36. The molecular weight excluding hydrogens is 188 g/mol. The molecule has 78 valence electrons. The Bertz CT molecular complexity index is 420. The summed E-state index contributed by atoms with van der Waals surface area (Å²) in [6.07, 6.45) is -0.600. The summed E-state index contributed by atoms with van der Waals surface area (Å²) < 4.78 is 0. The number of aliphatic hydroxyl groups excluding tert-OH is 1. The van der Waals surface area contributed by atoms with Gasteiger partial charge < -0.3 is 16.2 Å². The summed E-state index contributed by atoms with van der Waals surface area (Å²) in [5.41, 5.74) is 3.98. The third-order valence-electron chi connectivity index (χ3n) is 1.55. The Hall–Kier alpha value is -1.76. The van der Waals surface area contributed by atoms with E-state index in [1.54, 1.807) is 6.92 Å². The van der Waals surface area contributed by atoms with Gasteiger partial charge in [0.25, 0.3) is 5.56 Å². The molecule has 1 rings (SSSR count). The molecule has 14 heavy (non-hydrogen) atoms. The van der Waals surface area contributed by atoms with E-state index >= 15 is 0 Å². The van der Waals surface area contributed by atoms with Gasteiger partial charge in [0.1, 0.15) is 11.5 Å². The number of H-pyrrole nitrogens is 2. The van der Waals surface area contributed by atoms with Crippen LogP contribution in [0.25, 0.3) is 0 Å². The maximum atomic E-state index is 11.0. The van der Waals surface area contributed by atoms with Crippen LogP contribution in [0, 0.1) is 0 Å². The first-order valence-electron chi connectivity index (χ1n) is 4.04. The van der Waals surface area contributed by atoms with E-state index in [2.05, 4.69) is 10.3 Å². The molecule has 7 nitrogen and oxygen atoms in total. The second kappa shape index (κ2) is 3.97. The van der Waals surface area contributed by atoms with E-state index in [1.165, 1.54) is 0 Å². The van der Waals surface area contributed by atoms with Crippen LogP contribution in [-0.2, 0) is 0 Å². The van der Waals surface area contributed by atoms with Crippen LogP contribution in [0.4, 0.5) is 11.5 Å². The third-order valence-corrected chi connectivity index (χ3v) is 1.55. The Morgan fingerprint density at radius 1 is 1.50 bits per heavy atom. The molecule has 0 aromatic carbocycles. The van der Waals surface area contributed by atoms with Crippen molar-refractivity contribution in [1.82, 2.24) is 9.97 Å². The summed E-state index contributed by atoms with van der Waals surface area (Å²) in [7, 11) is 0. The van der Waals surface area contributed by atoms with Crippen molar-refractivity contribution < 1.29 is 5.11 Å². The topological polar surface area (TPSA) is 124 Å². The molecule has 0 fully saturated rings. The van der Waals surface area contributed by atoms with Crippen molar-refractivity contribution >= 4 is 11.5 Å². The Labute approximate surface area is 79.0 Å². The highest BCUT2D eigenvalue weighted by molar-refractivity contribution is 5.58. The Balaban J connectivity index is 2.97. The number of aliphatic hydroxyl groups is 1. The number of nitrogens with two attached hydrogens (primary N) is 1. The highest BCUT2D eigenvalue weighted by Gasteiger charge is 2.05. The minimum atomic E-state index is -0.651. The van der Waals surface area contributed by atoms with E-state index in [1.807, 2.05) is 4.98 Å². The van der Waals surface area contributed by atoms with E-state index in [4.69, 9.17) is 10.8 Å². The average molecular weight is 200 g/mol. The van der Waals surface area contributed by atoms with E-state index in [0.29, 0.717) is 0 Å². The fourth-order valence-electron chi connectivity index (χ4n) is 0.885. The first-order valence-corrected chi connectivity index (χ1v) is 4.04. The number of nitrogens with one attached hydrogen (secondary N) is 3. The normalized spacial score (nSPS) is 12.4. The molecule has 7 heteroatoms. The molecule has 1 aromatic rings. The SMILES string of the molecule is CC(O)CNc1[nH]c(=O)[nH]c(=O)c1N. The maximum Gasteiger partial charge on any atom is 0.327 e. The van der Waals surface area contributed by atoms with Crippen molar-refractivity contribution in [1.29, 1.82) is 0 Å². The van der Waals surface area contributed by atoms with Crippen LogP contribution < -0.4 is 22.3 Å². The fourth-order valence-corrected chi connectivity index (χ4v) is 0.885. The number of nitrogen functional groups attached to an aromatic ring is 1. The molecule has 0 bridgehead atoms. The van der Waals surface area contributed by atoms with Crippen molar-refractivity contribution in [3.63, 3.8) is 0 Å². The van der Waals surface area contributed by atoms with Crippen molar-refractivity contribution in [3.8, 4) is 0 Å². The average Bonchev–Trinajstić information content (AvgIpc) is 2.08. The van der Waals surface area contributed by atoms with Gasteiger partial charge in [-0.25, -0.2) is 4.79 Å². The van der Waals surface area contributed by atoms with Gasteiger partial charge in [0, 0.05) is 6.54 Å². The van der Waals surface area contributed by atoms with Gasteiger partial charge in [0.2, 0.25) is 0 Å². The lowest BCUT2D eigenvalue weighted by Crippen LogP contribution is -2.28. The van der Waals surface area contributed by atoms with Crippen molar-refractivity contribution in [2.75, 3.05) is 17.6 Å². The summed E-state index contributed by atoms with van der Waals surface area (Å²) >= 11 is 0. The number of hydrogen-bond acceptors (Lipinski definition) is 5. The van der Waals surface area contributed by atoms with Gasteiger partial charge in [-0.3, -0.25) is 14.8 Å². The van der Waals surface area contributed by atoms with Crippen molar-refractivity contribution in [2.45, 2.75) is 13.0 Å². The largest absolute Gasteiger partial charge is 0.392 e. The predicted molar refractivity (Wildman–Crippen MR) is 52.3 cm³/mol. The van der Waals surface area contributed by atoms with Gasteiger partial charge in [-0.15, -0.1) is 0 Å². The second-order valence-electron chi connectivity index (χ2n) is 2.93. The van der Waals surface area contributed by atoms with Gasteiger partial charge in [-0.1, -0.05) is 0 Å². The number of aromatic nitrogens is 2. The van der Waals surface area contributed by atoms with Gasteiger partial charge in [-0.2, -0.15) is 0 Å². The molecule has 0 saturated heterocycles. The van der Waals surface area contributed by atoms with Gasteiger partial charge >= 0.3 is 5.69 Å². The van der Waals surface area contributed by atoms with Crippen LogP contribution in [0.1, 0.15) is 6.92 Å². The maximum absolute atomic E-state index is 11.0. The minimum absolute atomic E-state index is 0.106. The van der Waals surface area contributed by atoms with E-state index in [-0.39, 0.29) is 18.1 Å². The Kier molecular flexibility index (Phi) is 2.92.